The van der Waals surface area contributed by atoms with Crippen molar-refractivity contribution in [3.05, 3.63) is 11.8 Å². The van der Waals surface area contributed by atoms with E-state index in [-0.39, 0.29) is 17.8 Å². The van der Waals surface area contributed by atoms with Crippen LogP contribution >= 0.6 is 0 Å². The Hall–Kier alpha value is -1.57. The van der Waals surface area contributed by atoms with E-state index in [4.69, 9.17) is 5.73 Å². The largest absolute Gasteiger partial charge is 0.433 e. The van der Waals surface area contributed by atoms with Gasteiger partial charge < -0.3 is 11.1 Å². The first kappa shape index (κ1) is 14.8. The van der Waals surface area contributed by atoms with Gasteiger partial charge in [0.05, 0.1) is 0 Å². The van der Waals surface area contributed by atoms with Gasteiger partial charge in [-0.05, 0) is 26.8 Å². The summed E-state index contributed by atoms with van der Waals surface area (Å²) in [6, 6.07) is 1.67. The van der Waals surface area contributed by atoms with Crippen LogP contribution in [0.15, 0.2) is 6.07 Å². The third-order valence-corrected chi connectivity index (χ3v) is 3.43. The first-order valence-corrected chi connectivity index (χ1v) is 6.45. The van der Waals surface area contributed by atoms with E-state index in [0.717, 1.165) is 6.07 Å². The maximum Gasteiger partial charge on any atom is 0.433 e. The molecule has 8 heteroatoms. The molecule has 0 saturated heterocycles. The number of nitrogens with two attached hydrogens (primary N) is 1. The summed E-state index contributed by atoms with van der Waals surface area (Å²) in [6.45, 7) is 2.52. The Bertz CT molecular complexity index is 473. The molecule has 1 heterocycles. The van der Waals surface area contributed by atoms with Gasteiger partial charge in [-0.15, -0.1) is 0 Å². The SMILES string of the molecule is CC(CNc1cc(C(F)(F)F)nc(N)n1)N(C)C1CC1. The molecule has 1 fully saturated rings. The molecule has 0 aliphatic heterocycles. The summed E-state index contributed by atoms with van der Waals surface area (Å²) in [5.74, 6) is -0.286. The fraction of sp³-hybridized carbons (Fsp3) is 0.667. The van der Waals surface area contributed by atoms with E-state index < -0.39 is 11.9 Å². The van der Waals surface area contributed by atoms with Crippen LogP contribution in [0, 0.1) is 0 Å². The number of rotatable bonds is 5. The smallest absolute Gasteiger partial charge is 0.368 e. The predicted molar refractivity (Wildman–Crippen MR) is 70.2 cm³/mol. The highest BCUT2D eigenvalue weighted by Crippen LogP contribution is 2.29. The van der Waals surface area contributed by atoms with Crippen molar-refractivity contribution in [3.8, 4) is 0 Å². The van der Waals surface area contributed by atoms with E-state index >= 15 is 0 Å². The molecule has 1 unspecified atom stereocenters. The molecule has 2 rings (SSSR count). The number of likely N-dealkylation sites (N-methyl/N-ethyl adjacent to an activating group) is 1. The molecule has 1 aromatic heterocycles. The minimum Gasteiger partial charge on any atom is -0.368 e. The van der Waals surface area contributed by atoms with Crippen molar-refractivity contribution in [3.63, 3.8) is 0 Å². The van der Waals surface area contributed by atoms with Crippen LogP contribution in [0.5, 0.6) is 0 Å². The van der Waals surface area contributed by atoms with Crippen molar-refractivity contribution in [2.75, 3.05) is 24.6 Å². The average Bonchev–Trinajstić information content (AvgIpc) is 3.17. The van der Waals surface area contributed by atoms with Gasteiger partial charge in [0.25, 0.3) is 0 Å². The van der Waals surface area contributed by atoms with Gasteiger partial charge in [0.15, 0.2) is 5.69 Å². The van der Waals surface area contributed by atoms with Gasteiger partial charge in [-0.1, -0.05) is 0 Å². The maximum atomic E-state index is 12.6. The van der Waals surface area contributed by atoms with Crippen molar-refractivity contribution >= 4 is 11.8 Å². The fourth-order valence-corrected chi connectivity index (χ4v) is 1.94. The predicted octanol–water partition coefficient (Wildman–Crippen LogP) is 1.97. The van der Waals surface area contributed by atoms with Crippen LogP contribution in [-0.2, 0) is 6.18 Å². The topological polar surface area (TPSA) is 67.1 Å². The molecule has 1 atom stereocenters. The van der Waals surface area contributed by atoms with Gasteiger partial charge in [-0.25, -0.2) is 4.98 Å². The molecule has 0 aromatic carbocycles. The first-order valence-electron chi connectivity index (χ1n) is 6.45. The highest BCUT2D eigenvalue weighted by Gasteiger charge is 2.33. The second-order valence-electron chi connectivity index (χ2n) is 5.12. The molecule has 0 bridgehead atoms. The molecule has 1 saturated carbocycles. The van der Waals surface area contributed by atoms with Crippen LogP contribution in [0.3, 0.4) is 0 Å². The molecule has 0 amide bonds. The van der Waals surface area contributed by atoms with Gasteiger partial charge in [-0.2, -0.15) is 18.2 Å². The Morgan fingerprint density at radius 3 is 2.65 bits per heavy atom. The normalized spacial score (nSPS) is 17.3. The van der Waals surface area contributed by atoms with Crippen LogP contribution in [0.2, 0.25) is 0 Å². The molecule has 5 nitrogen and oxygen atoms in total. The fourth-order valence-electron chi connectivity index (χ4n) is 1.94. The Morgan fingerprint density at radius 2 is 2.10 bits per heavy atom. The lowest BCUT2D eigenvalue weighted by Gasteiger charge is -2.24. The lowest BCUT2D eigenvalue weighted by molar-refractivity contribution is -0.141. The number of hydrogen-bond acceptors (Lipinski definition) is 5. The van der Waals surface area contributed by atoms with Crippen molar-refractivity contribution in [1.29, 1.82) is 0 Å². The second kappa shape index (κ2) is 5.43. The van der Waals surface area contributed by atoms with E-state index in [1.165, 1.54) is 12.8 Å². The summed E-state index contributed by atoms with van der Waals surface area (Å²) in [5, 5.41) is 2.89. The summed E-state index contributed by atoms with van der Waals surface area (Å²) in [7, 11) is 2.01. The lowest BCUT2D eigenvalue weighted by Crippen LogP contribution is -2.36. The summed E-state index contributed by atoms with van der Waals surface area (Å²) >= 11 is 0. The molecule has 3 N–H and O–H groups in total. The number of halogens is 3. The molecule has 1 aromatic rings. The summed E-state index contributed by atoms with van der Waals surface area (Å²) in [6.07, 6.45) is -2.16. The van der Waals surface area contributed by atoms with Gasteiger partial charge in [0.1, 0.15) is 5.82 Å². The van der Waals surface area contributed by atoms with E-state index in [9.17, 15) is 13.2 Å². The van der Waals surface area contributed by atoms with E-state index in [1.807, 2.05) is 14.0 Å². The Morgan fingerprint density at radius 1 is 1.45 bits per heavy atom. The van der Waals surface area contributed by atoms with Crippen LogP contribution in [-0.4, -0.2) is 40.5 Å². The zero-order chi connectivity index (χ0) is 14.9. The zero-order valence-corrected chi connectivity index (χ0v) is 11.4. The van der Waals surface area contributed by atoms with Crippen molar-refractivity contribution < 1.29 is 13.2 Å². The highest BCUT2D eigenvalue weighted by atomic mass is 19.4. The minimum absolute atomic E-state index is 0.0980. The summed E-state index contributed by atoms with van der Waals surface area (Å²) in [5.41, 5.74) is 4.28. The average molecular weight is 289 g/mol. The maximum absolute atomic E-state index is 12.6. The molecular formula is C12H18F3N5. The lowest BCUT2D eigenvalue weighted by atomic mass is 10.3. The van der Waals surface area contributed by atoms with Crippen molar-refractivity contribution in [1.82, 2.24) is 14.9 Å². The number of nitrogen functional groups attached to an aromatic ring is 1. The van der Waals surface area contributed by atoms with Crippen molar-refractivity contribution in [2.24, 2.45) is 0 Å². The number of nitrogens with zero attached hydrogens (tertiary/aromatic N) is 3. The minimum atomic E-state index is -4.52. The van der Waals surface area contributed by atoms with Gasteiger partial charge in [0.2, 0.25) is 5.95 Å². The molecule has 1 aliphatic rings. The standard InChI is InChI=1S/C12H18F3N5/c1-7(20(2)8-3-4-8)6-17-10-5-9(12(13,14)15)18-11(16)19-10/h5,7-8H,3-4,6H2,1-2H3,(H3,16,17,18,19). The molecule has 0 spiro atoms. The third kappa shape index (κ3) is 3.72. The molecule has 0 radical (unpaired) electrons. The number of anilines is 2. The number of hydrogen-bond donors (Lipinski definition) is 2. The quantitative estimate of drug-likeness (QED) is 0.867. The Balaban J connectivity index is 2.00. The molecule has 20 heavy (non-hydrogen) atoms. The van der Waals surface area contributed by atoms with Gasteiger partial charge in [0, 0.05) is 24.7 Å². The molecular weight excluding hydrogens is 271 g/mol. The van der Waals surface area contributed by atoms with Crippen LogP contribution < -0.4 is 11.1 Å². The zero-order valence-electron chi connectivity index (χ0n) is 11.4. The van der Waals surface area contributed by atoms with Crippen molar-refractivity contribution in [2.45, 2.75) is 38.0 Å². The highest BCUT2D eigenvalue weighted by molar-refractivity contribution is 5.41. The number of alkyl halides is 3. The monoisotopic (exact) mass is 289 g/mol. The number of aromatic nitrogens is 2. The van der Waals surface area contributed by atoms with E-state index in [1.54, 1.807) is 0 Å². The van der Waals surface area contributed by atoms with Crippen LogP contribution in [0.25, 0.3) is 0 Å². The summed E-state index contributed by atoms with van der Waals surface area (Å²) in [4.78, 5) is 9.18. The van der Waals surface area contributed by atoms with E-state index in [2.05, 4.69) is 20.2 Å². The Labute approximate surface area is 115 Å². The summed E-state index contributed by atoms with van der Waals surface area (Å²) < 4.78 is 37.8. The van der Waals surface area contributed by atoms with E-state index in [0.29, 0.717) is 12.6 Å². The van der Waals surface area contributed by atoms with Crippen LogP contribution in [0.1, 0.15) is 25.5 Å². The van der Waals surface area contributed by atoms with Crippen LogP contribution in [0.4, 0.5) is 24.9 Å². The second-order valence-corrected chi connectivity index (χ2v) is 5.12. The molecule has 112 valence electrons. The third-order valence-electron chi connectivity index (χ3n) is 3.43. The first-order chi connectivity index (χ1) is 9.27. The van der Waals surface area contributed by atoms with Gasteiger partial charge in [-0.3, -0.25) is 4.90 Å². The van der Waals surface area contributed by atoms with Gasteiger partial charge >= 0.3 is 6.18 Å². The Kier molecular flexibility index (Phi) is 4.03. The molecule has 1 aliphatic carbocycles. The number of nitrogens with one attached hydrogen (secondary N) is 1.